The van der Waals surface area contributed by atoms with E-state index in [-0.39, 0.29) is 30.0 Å². The summed E-state index contributed by atoms with van der Waals surface area (Å²) in [5, 5.41) is 3.72. The largest absolute Gasteiger partial charge is 0.461 e. The molecule has 0 amide bonds. The number of nitrogens with zero attached hydrogens (tertiary/aromatic N) is 3. The molecule has 0 N–H and O–H groups in total. The SMILES string of the molecule is CCOC(=O)c1nn(CC(F)(F)F)c2c1CCC(=CN(C)C)C2=O. The van der Waals surface area contributed by atoms with Gasteiger partial charge in [-0.05, 0) is 19.8 Å². The Morgan fingerprint density at radius 1 is 1.38 bits per heavy atom. The van der Waals surface area contributed by atoms with Crippen molar-refractivity contribution in [2.45, 2.75) is 32.5 Å². The molecule has 0 saturated heterocycles. The minimum atomic E-state index is -4.56. The topological polar surface area (TPSA) is 64.4 Å². The molecule has 6 nitrogen and oxygen atoms in total. The second-order valence-electron chi connectivity index (χ2n) is 5.62. The quantitative estimate of drug-likeness (QED) is 0.618. The lowest BCUT2D eigenvalue weighted by atomic mass is 9.90. The summed E-state index contributed by atoms with van der Waals surface area (Å²) in [6.07, 6.45) is -2.41. The van der Waals surface area contributed by atoms with Gasteiger partial charge in [0.2, 0.25) is 5.78 Å². The van der Waals surface area contributed by atoms with Gasteiger partial charge in [0.15, 0.2) is 5.69 Å². The van der Waals surface area contributed by atoms with Crippen molar-refractivity contribution in [3.05, 3.63) is 28.7 Å². The van der Waals surface area contributed by atoms with Crippen LogP contribution in [0.15, 0.2) is 11.8 Å². The van der Waals surface area contributed by atoms with Crippen LogP contribution < -0.4 is 0 Å². The fourth-order valence-electron chi connectivity index (χ4n) is 2.60. The Kier molecular flexibility index (Phi) is 5.00. The highest BCUT2D eigenvalue weighted by Crippen LogP contribution is 2.30. The van der Waals surface area contributed by atoms with Gasteiger partial charge < -0.3 is 9.64 Å². The number of carbonyl (C=O) groups excluding carboxylic acids is 2. The van der Waals surface area contributed by atoms with Gasteiger partial charge in [-0.25, -0.2) is 4.79 Å². The van der Waals surface area contributed by atoms with E-state index in [1.54, 1.807) is 32.1 Å². The molecule has 1 aromatic rings. The molecule has 0 bridgehead atoms. The molecule has 0 fully saturated rings. The number of hydrogen-bond acceptors (Lipinski definition) is 5. The van der Waals surface area contributed by atoms with Gasteiger partial charge in [-0.15, -0.1) is 0 Å². The summed E-state index contributed by atoms with van der Waals surface area (Å²) in [5.41, 5.74) is 0.202. The summed E-state index contributed by atoms with van der Waals surface area (Å²) in [4.78, 5) is 26.2. The summed E-state index contributed by atoms with van der Waals surface area (Å²) >= 11 is 0. The van der Waals surface area contributed by atoms with E-state index in [0.717, 1.165) is 0 Å². The molecule has 0 aromatic carbocycles. The standard InChI is InChI=1S/C15H18F3N3O3/c1-4-24-14(23)11-10-6-5-9(7-20(2)3)13(22)12(10)21(19-11)8-15(16,17)18/h7H,4-6,8H2,1-3H3. The predicted molar refractivity (Wildman–Crippen MR) is 78.7 cm³/mol. The van der Waals surface area contributed by atoms with Crippen LogP contribution in [0.4, 0.5) is 13.2 Å². The number of halogens is 3. The summed E-state index contributed by atoms with van der Waals surface area (Å²) < 4.78 is 43.8. The highest BCUT2D eigenvalue weighted by molar-refractivity contribution is 6.11. The van der Waals surface area contributed by atoms with Gasteiger partial charge in [-0.1, -0.05) is 0 Å². The van der Waals surface area contributed by atoms with Crippen molar-refractivity contribution in [2.75, 3.05) is 20.7 Å². The van der Waals surface area contributed by atoms with Gasteiger partial charge in [0.1, 0.15) is 12.2 Å². The van der Waals surface area contributed by atoms with E-state index < -0.39 is 24.5 Å². The van der Waals surface area contributed by atoms with Crippen molar-refractivity contribution >= 4 is 11.8 Å². The molecule has 0 unspecified atom stereocenters. The highest BCUT2D eigenvalue weighted by Gasteiger charge is 2.37. The third-order valence-corrected chi connectivity index (χ3v) is 3.41. The number of ether oxygens (including phenoxy) is 1. The zero-order chi connectivity index (χ0) is 18.1. The lowest BCUT2D eigenvalue weighted by Gasteiger charge is -2.18. The Labute approximate surface area is 136 Å². The third kappa shape index (κ3) is 3.77. The van der Waals surface area contributed by atoms with Crippen LogP contribution in [0.1, 0.15) is 39.9 Å². The Morgan fingerprint density at radius 3 is 2.58 bits per heavy atom. The van der Waals surface area contributed by atoms with Crippen LogP contribution in [0.3, 0.4) is 0 Å². The molecule has 9 heteroatoms. The minimum Gasteiger partial charge on any atom is -0.461 e. The zero-order valence-electron chi connectivity index (χ0n) is 13.6. The van der Waals surface area contributed by atoms with Crippen molar-refractivity contribution in [1.82, 2.24) is 14.7 Å². The maximum atomic E-state index is 12.8. The number of ketones is 1. The molecular weight excluding hydrogens is 327 g/mol. The van der Waals surface area contributed by atoms with Crippen LogP contribution in [0.5, 0.6) is 0 Å². The van der Waals surface area contributed by atoms with E-state index in [9.17, 15) is 22.8 Å². The molecule has 24 heavy (non-hydrogen) atoms. The van der Waals surface area contributed by atoms with Crippen molar-refractivity contribution in [2.24, 2.45) is 0 Å². The molecule has 0 saturated carbocycles. The minimum absolute atomic E-state index is 0.0689. The number of carbonyl (C=O) groups is 2. The van der Waals surface area contributed by atoms with Gasteiger partial charge in [0.05, 0.1) is 6.61 Å². The lowest BCUT2D eigenvalue weighted by Crippen LogP contribution is -2.25. The Morgan fingerprint density at radius 2 is 2.04 bits per heavy atom. The number of fused-ring (bicyclic) bond motifs is 1. The molecule has 0 aliphatic heterocycles. The number of aromatic nitrogens is 2. The Balaban J connectivity index is 2.54. The molecule has 0 atom stereocenters. The van der Waals surface area contributed by atoms with Gasteiger partial charge in [-0.2, -0.15) is 18.3 Å². The van der Waals surface area contributed by atoms with Crippen LogP contribution in [-0.4, -0.2) is 53.3 Å². The molecule has 132 valence electrons. The number of hydrogen-bond donors (Lipinski definition) is 0. The summed E-state index contributed by atoms with van der Waals surface area (Å²) in [6, 6.07) is 0. The molecule has 1 aliphatic rings. The van der Waals surface area contributed by atoms with Gasteiger partial charge in [0, 0.05) is 31.4 Å². The van der Waals surface area contributed by atoms with E-state index in [4.69, 9.17) is 4.74 Å². The summed E-state index contributed by atoms with van der Waals surface area (Å²) in [7, 11) is 3.43. The molecule has 1 aromatic heterocycles. The number of rotatable bonds is 4. The van der Waals surface area contributed by atoms with Crippen molar-refractivity contribution in [3.63, 3.8) is 0 Å². The summed E-state index contributed by atoms with van der Waals surface area (Å²) in [6.45, 7) is 0.218. The van der Waals surface area contributed by atoms with E-state index in [2.05, 4.69) is 5.10 Å². The average molecular weight is 345 g/mol. The van der Waals surface area contributed by atoms with Crippen molar-refractivity contribution < 1.29 is 27.5 Å². The number of alkyl halides is 3. The highest BCUT2D eigenvalue weighted by atomic mass is 19.4. The van der Waals surface area contributed by atoms with Crippen molar-refractivity contribution in [1.29, 1.82) is 0 Å². The second-order valence-corrected chi connectivity index (χ2v) is 5.62. The Bertz CT molecular complexity index is 690. The maximum Gasteiger partial charge on any atom is 0.408 e. The first-order valence-corrected chi connectivity index (χ1v) is 7.39. The average Bonchev–Trinajstić information content (AvgIpc) is 2.79. The second kappa shape index (κ2) is 6.66. The maximum absolute atomic E-state index is 12.8. The molecular formula is C15H18F3N3O3. The van der Waals surface area contributed by atoms with Crippen LogP contribution in [0, 0.1) is 0 Å². The first-order valence-electron chi connectivity index (χ1n) is 7.39. The number of esters is 1. The molecule has 2 rings (SSSR count). The predicted octanol–water partition coefficient (Wildman–Crippen LogP) is 2.20. The molecule has 1 aliphatic carbocycles. The third-order valence-electron chi connectivity index (χ3n) is 3.41. The first-order chi connectivity index (χ1) is 11.1. The normalized spacial score (nSPS) is 16.2. The molecule has 0 radical (unpaired) electrons. The van der Waals surface area contributed by atoms with Gasteiger partial charge >= 0.3 is 12.1 Å². The molecule has 0 spiro atoms. The van der Waals surface area contributed by atoms with E-state index in [1.165, 1.54) is 0 Å². The first kappa shape index (κ1) is 18.0. The van der Waals surface area contributed by atoms with Crippen LogP contribution in [0.25, 0.3) is 0 Å². The van der Waals surface area contributed by atoms with Gasteiger partial charge in [-0.3, -0.25) is 9.48 Å². The van der Waals surface area contributed by atoms with Crippen LogP contribution in [-0.2, 0) is 17.7 Å². The number of Topliss-reactive ketones (excluding diaryl/α,β-unsaturated/α-hetero) is 1. The summed E-state index contributed by atoms with van der Waals surface area (Å²) in [5.74, 6) is -1.36. The monoisotopic (exact) mass is 345 g/mol. The smallest absolute Gasteiger partial charge is 0.408 e. The lowest BCUT2D eigenvalue weighted by molar-refractivity contribution is -0.142. The Hall–Kier alpha value is -2.32. The van der Waals surface area contributed by atoms with E-state index in [0.29, 0.717) is 16.7 Å². The van der Waals surface area contributed by atoms with Crippen molar-refractivity contribution in [3.8, 4) is 0 Å². The zero-order valence-corrected chi connectivity index (χ0v) is 13.6. The van der Waals surface area contributed by atoms with E-state index in [1.807, 2.05) is 0 Å². The van der Waals surface area contributed by atoms with Gasteiger partial charge in [0.25, 0.3) is 0 Å². The number of allylic oxidation sites excluding steroid dienone is 1. The van der Waals surface area contributed by atoms with Crippen LogP contribution in [0.2, 0.25) is 0 Å². The van der Waals surface area contributed by atoms with Crippen LogP contribution >= 0.6 is 0 Å². The fraction of sp³-hybridized carbons (Fsp3) is 0.533. The molecule has 1 heterocycles. The van der Waals surface area contributed by atoms with E-state index >= 15 is 0 Å². The fourth-order valence-corrected chi connectivity index (χ4v) is 2.60.